The molecule has 23 heavy (non-hydrogen) atoms. The molecule has 2 aromatic rings. The molecule has 3 rings (SSSR count). The zero-order chi connectivity index (χ0) is 15.5. The van der Waals surface area contributed by atoms with E-state index in [1.807, 2.05) is 0 Å². The van der Waals surface area contributed by atoms with Crippen LogP contribution in [0.4, 0.5) is 0 Å². The SMILES string of the molecule is CN(Cc1nc2ccc(Cl)cc2c(=O)[nH]1)C1CCCNCC1.Cl. The Morgan fingerprint density at radius 1 is 1.35 bits per heavy atom. The van der Waals surface area contributed by atoms with Crippen molar-refractivity contribution in [3.8, 4) is 0 Å². The highest BCUT2D eigenvalue weighted by atomic mass is 35.5. The summed E-state index contributed by atoms with van der Waals surface area (Å²) in [6.07, 6.45) is 3.50. The van der Waals surface area contributed by atoms with E-state index in [-0.39, 0.29) is 18.0 Å². The zero-order valence-electron chi connectivity index (χ0n) is 13.1. The molecule has 1 fully saturated rings. The predicted octanol–water partition coefficient (Wildman–Crippen LogP) is 2.57. The third kappa shape index (κ3) is 4.44. The van der Waals surface area contributed by atoms with Gasteiger partial charge < -0.3 is 10.3 Å². The Labute approximate surface area is 146 Å². The van der Waals surface area contributed by atoms with E-state index >= 15 is 0 Å². The molecule has 0 radical (unpaired) electrons. The number of benzene rings is 1. The van der Waals surface area contributed by atoms with Gasteiger partial charge >= 0.3 is 0 Å². The molecule has 7 heteroatoms. The molecule has 1 aliphatic rings. The largest absolute Gasteiger partial charge is 0.317 e. The average Bonchev–Trinajstić information content (AvgIpc) is 2.77. The standard InChI is InChI=1S/C16H21ClN4O.ClH/c1-21(12-3-2-7-18-8-6-12)10-15-19-14-5-4-11(17)9-13(14)16(22)20-15;/h4-5,9,12,18H,2-3,6-8,10H2,1H3,(H,19,20,22);1H. The lowest BCUT2D eigenvalue weighted by Crippen LogP contribution is -2.33. The average molecular weight is 357 g/mol. The molecule has 0 amide bonds. The number of aromatic amines is 1. The number of aromatic nitrogens is 2. The van der Waals surface area contributed by atoms with Crippen molar-refractivity contribution >= 4 is 34.9 Å². The fourth-order valence-corrected chi connectivity index (χ4v) is 3.21. The molecule has 1 aromatic heterocycles. The number of nitrogens with one attached hydrogen (secondary N) is 2. The van der Waals surface area contributed by atoms with Crippen LogP contribution in [0.3, 0.4) is 0 Å². The van der Waals surface area contributed by atoms with Gasteiger partial charge in [0.2, 0.25) is 0 Å². The maximum atomic E-state index is 12.2. The summed E-state index contributed by atoms with van der Waals surface area (Å²) in [6.45, 7) is 2.80. The Kier molecular flexibility index (Phi) is 6.41. The first kappa shape index (κ1) is 18.2. The number of H-pyrrole nitrogens is 1. The van der Waals surface area contributed by atoms with Gasteiger partial charge in [0.15, 0.2) is 0 Å². The van der Waals surface area contributed by atoms with Crippen LogP contribution >= 0.6 is 24.0 Å². The smallest absolute Gasteiger partial charge is 0.258 e. The molecule has 1 unspecified atom stereocenters. The van der Waals surface area contributed by atoms with Crippen LogP contribution in [0.15, 0.2) is 23.0 Å². The van der Waals surface area contributed by atoms with Crippen LogP contribution in [0.1, 0.15) is 25.1 Å². The van der Waals surface area contributed by atoms with Gasteiger partial charge in [-0.15, -0.1) is 12.4 Å². The predicted molar refractivity (Wildman–Crippen MR) is 96.6 cm³/mol. The summed E-state index contributed by atoms with van der Waals surface area (Å²) in [5.41, 5.74) is 0.567. The van der Waals surface area contributed by atoms with Crippen LogP contribution in [0.2, 0.25) is 5.02 Å². The summed E-state index contributed by atoms with van der Waals surface area (Å²) in [4.78, 5) is 21.9. The minimum Gasteiger partial charge on any atom is -0.317 e. The van der Waals surface area contributed by atoms with Crippen molar-refractivity contribution < 1.29 is 0 Å². The fraction of sp³-hybridized carbons (Fsp3) is 0.500. The summed E-state index contributed by atoms with van der Waals surface area (Å²) in [7, 11) is 2.10. The van der Waals surface area contributed by atoms with Gasteiger partial charge in [-0.3, -0.25) is 9.69 Å². The summed E-state index contributed by atoms with van der Waals surface area (Å²) in [6, 6.07) is 5.75. The summed E-state index contributed by atoms with van der Waals surface area (Å²) in [5.74, 6) is 0.708. The van der Waals surface area contributed by atoms with Gasteiger partial charge in [-0.1, -0.05) is 11.6 Å². The van der Waals surface area contributed by atoms with E-state index in [9.17, 15) is 4.79 Å². The minimum absolute atomic E-state index is 0. The lowest BCUT2D eigenvalue weighted by Gasteiger charge is -2.26. The first-order valence-corrected chi connectivity index (χ1v) is 8.11. The molecule has 2 heterocycles. The first-order valence-electron chi connectivity index (χ1n) is 7.73. The van der Waals surface area contributed by atoms with Crippen molar-refractivity contribution in [1.82, 2.24) is 20.2 Å². The van der Waals surface area contributed by atoms with Gasteiger partial charge in [0.25, 0.3) is 5.56 Å². The van der Waals surface area contributed by atoms with Gasteiger partial charge in [-0.25, -0.2) is 4.98 Å². The molecular formula is C16H22Cl2N4O. The Morgan fingerprint density at radius 2 is 2.17 bits per heavy atom. The van der Waals surface area contributed by atoms with E-state index in [4.69, 9.17) is 11.6 Å². The van der Waals surface area contributed by atoms with E-state index in [0.29, 0.717) is 34.3 Å². The lowest BCUT2D eigenvalue weighted by molar-refractivity contribution is 0.212. The van der Waals surface area contributed by atoms with Crippen molar-refractivity contribution in [2.75, 3.05) is 20.1 Å². The van der Waals surface area contributed by atoms with Crippen molar-refractivity contribution in [3.05, 3.63) is 39.4 Å². The lowest BCUT2D eigenvalue weighted by atomic mass is 10.1. The molecule has 126 valence electrons. The number of rotatable bonds is 3. The zero-order valence-corrected chi connectivity index (χ0v) is 14.7. The van der Waals surface area contributed by atoms with Crippen LogP contribution in [0, 0.1) is 0 Å². The molecule has 0 bridgehead atoms. The molecule has 0 saturated carbocycles. The van der Waals surface area contributed by atoms with Gasteiger partial charge in [0.05, 0.1) is 17.4 Å². The molecular weight excluding hydrogens is 335 g/mol. The topological polar surface area (TPSA) is 61.0 Å². The van der Waals surface area contributed by atoms with Crippen LogP contribution in [0.25, 0.3) is 10.9 Å². The Balaban J connectivity index is 0.00000192. The van der Waals surface area contributed by atoms with Crippen molar-refractivity contribution in [2.24, 2.45) is 0 Å². The maximum Gasteiger partial charge on any atom is 0.258 e. The molecule has 1 aromatic carbocycles. The Hall–Kier alpha value is -1.14. The fourth-order valence-electron chi connectivity index (χ4n) is 3.04. The Bertz CT molecular complexity index is 711. The summed E-state index contributed by atoms with van der Waals surface area (Å²) >= 11 is 5.94. The number of halogens is 2. The highest BCUT2D eigenvalue weighted by molar-refractivity contribution is 6.31. The highest BCUT2D eigenvalue weighted by Gasteiger charge is 2.17. The maximum absolute atomic E-state index is 12.2. The molecule has 1 atom stereocenters. The number of hydrogen-bond donors (Lipinski definition) is 2. The van der Waals surface area contributed by atoms with Crippen LogP contribution in [0.5, 0.6) is 0 Å². The quantitative estimate of drug-likeness (QED) is 0.887. The van der Waals surface area contributed by atoms with E-state index < -0.39 is 0 Å². The summed E-state index contributed by atoms with van der Waals surface area (Å²) in [5, 5.41) is 4.51. The minimum atomic E-state index is -0.126. The van der Waals surface area contributed by atoms with Crippen LogP contribution in [-0.4, -0.2) is 41.0 Å². The van der Waals surface area contributed by atoms with E-state index in [1.165, 1.54) is 12.8 Å². The summed E-state index contributed by atoms with van der Waals surface area (Å²) < 4.78 is 0. The highest BCUT2D eigenvalue weighted by Crippen LogP contribution is 2.16. The first-order chi connectivity index (χ1) is 10.6. The molecule has 1 saturated heterocycles. The molecule has 0 spiro atoms. The van der Waals surface area contributed by atoms with Crippen molar-refractivity contribution in [2.45, 2.75) is 31.8 Å². The number of nitrogens with zero attached hydrogens (tertiary/aromatic N) is 2. The van der Waals surface area contributed by atoms with Crippen molar-refractivity contribution in [1.29, 1.82) is 0 Å². The molecule has 5 nitrogen and oxygen atoms in total. The van der Waals surface area contributed by atoms with E-state index in [2.05, 4.69) is 27.2 Å². The van der Waals surface area contributed by atoms with E-state index in [1.54, 1.807) is 18.2 Å². The second-order valence-electron chi connectivity index (χ2n) is 5.92. The number of hydrogen-bond acceptors (Lipinski definition) is 4. The van der Waals surface area contributed by atoms with Crippen molar-refractivity contribution in [3.63, 3.8) is 0 Å². The number of fused-ring (bicyclic) bond motifs is 1. The normalized spacial score (nSPS) is 18.7. The van der Waals surface area contributed by atoms with Gasteiger partial charge in [0, 0.05) is 11.1 Å². The van der Waals surface area contributed by atoms with Gasteiger partial charge in [-0.2, -0.15) is 0 Å². The third-order valence-electron chi connectivity index (χ3n) is 4.28. The second-order valence-corrected chi connectivity index (χ2v) is 6.36. The third-order valence-corrected chi connectivity index (χ3v) is 4.52. The van der Waals surface area contributed by atoms with E-state index in [0.717, 1.165) is 19.5 Å². The van der Waals surface area contributed by atoms with Crippen LogP contribution < -0.4 is 10.9 Å². The Morgan fingerprint density at radius 3 is 3.00 bits per heavy atom. The van der Waals surface area contributed by atoms with Gasteiger partial charge in [0.1, 0.15) is 5.82 Å². The van der Waals surface area contributed by atoms with Crippen LogP contribution in [-0.2, 0) is 6.54 Å². The second kappa shape index (κ2) is 8.11. The monoisotopic (exact) mass is 356 g/mol. The molecule has 1 aliphatic heterocycles. The van der Waals surface area contributed by atoms with Gasteiger partial charge in [-0.05, 0) is 57.6 Å². The molecule has 0 aliphatic carbocycles. The molecule has 2 N–H and O–H groups in total.